The number of benzene rings is 3. The molecule has 39 heavy (non-hydrogen) atoms. The minimum atomic E-state index is -1.07. The van der Waals surface area contributed by atoms with E-state index >= 15 is 0 Å². The van der Waals surface area contributed by atoms with Crippen LogP contribution in [0.1, 0.15) is 17.2 Å². The number of carbonyl (C=O) groups is 2. The van der Waals surface area contributed by atoms with Crippen molar-refractivity contribution in [2.75, 3.05) is 32.3 Å². The highest BCUT2D eigenvalue weighted by Crippen LogP contribution is 2.46. The van der Waals surface area contributed by atoms with Crippen molar-refractivity contribution in [2.24, 2.45) is 0 Å². The molecule has 198 valence electrons. The Morgan fingerprint density at radius 3 is 2.54 bits per heavy atom. The maximum atomic E-state index is 13.9. The number of amides is 1. The van der Waals surface area contributed by atoms with Crippen LogP contribution in [-0.4, -0.2) is 49.2 Å². The summed E-state index contributed by atoms with van der Waals surface area (Å²) in [6.07, 6.45) is 0. The average Bonchev–Trinajstić information content (AvgIpc) is 3.49. The molecule has 6 rings (SSSR count). The molecule has 3 aromatic carbocycles. The SMILES string of the molecule is COc1ccc(C2C(=C(O)c3ccc4c(c3)OCCO4)C(=O)C(=O)N2c2nc3ccc(F)cc3s2)cc1OC. The van der Waals surface area contributed by atoms with E-state index in [0.717, 1.165) is 11.3 Å². The summed E-state index contributed by atoms with van der Waals surface area (Å²) in [5.74, 6) is -0.880. The number of rotatable bonds is 5. The third kappa shape index (κ3) is 4.11. The molecule has 11 heteroatoms. The van der Waals surface area contributed by atoms with E-state index in [1.54, 1.807) is 36.4 Å². The Balaban J connectivity index is 1.56. The fourth-order valence-corrected chi connectivity index (χ4v) is 5.72. The Morgan fingerprint density at radius 1 is 1.00 bits per heavy atom. The molecule has 0 aliphatic carbocycles. The Labute approximate surface area is 225 Å². The number of hydrogen-bond acceptors (Lipinski definition) is 9. The summed E-state index contributed by atoms with van der Waals surface area (Å²) in [5, 5.41) is 11.7. The van der Waals surface area contributed by atoms with Gasteiger partial charge in [-0.2, -0.15) is 0 Å². The van der Waals surface area contributed by atoms with Gasteiger partial charge in [0.05, 0.1) is 36.1 Å². The highest BCUT2D eigenvalue weighted by atomic mass is 32.1. The largest absolute Gasteiger partial charge is 0.507 e. The van der Waals surface area contributed by atoms with E-state index < -0.39 is 23.5 Å². The van der Waals surface area contributed by atoms with E-state index in [9.17, 15) is 19.1 Å². The first-order valence-corrected chi connectivity index (χ1v) is 12.7. The molecule has 0 spiro atoms. The number of ketones is 1. The number of anilines is 1. The summed E-state index contributed by atoms with van der Waals surface area (Å²) in [5.41, 5.74) is 1.07. The number of fused-ring (bicyclic) bond motifs is 2. The van der Waals surface area contributed by atoms with Gasteiger partial charge in [0.25, 0.3) is 5.78 Å². The zero-order valence-electron chi connectivity index (χ0n) is 20.8. The standard InChI is InChI=1S/C28H21FN2O7S/c1-35-18-7-3-14(11-20(18)36-2)24-23(25(32)15-4-8-19-21(12-15)38-10-9-37-19)26(33)27(34)31(24)28-30-17-6-5-16(29)13-22(17)39-28/h3-8,11-13,24,32H,9-10H2,1-2H3. The van der Waals surface area contributed by atoms with Crippen LogP contribution in [0.15, 0.2) is 60.2 Å². The van der Waals surface area contributed by atoms with Crippen LogP contribution in [-0.2, 0) is 9.59 Å². The van der Waals surface area contributed by atoms with Gasteiger partial charge >= 0.3 is 5.91 Å². The number of carbonyl (C=O) groups excluding carboxylic acids is 2. The van der Waals surface area contributed by atoms with Crippen LogP contribution in [0.25, 0.3) is 16.0 Å². The Morgan fingerprint density at radius 2 is 1.77 bits per heavy atom. The second kappa shape index (κ2) is 9.59. The molecule has 1 atom stereocenters. The molecule has 1 unspecified atom stereocenters. The van der Waals surface area contributed by atoms with Gasteiger partial charge < -0.3 is 24.1 Å². The predicted octanol–water partition coefficient (Wildman–Crippen LogP) is 4.85. The number of ether oxygens (including phenoxy) is 4. The van der Waals surface area contributed by atoms with Crippen LogP contribution in [0.2, 0.25) is 0 Å². The van der Waals surface area contributed by atoms with Crippen molar-refractivity contribution in [3.63, 3.8) is 0 Å². The second-order valence-electron chi connectivity index (χ2n) is 8.75. The molecule has 0 bridgehead atoms. The first-order chi connectivity index (χ1) is 18.9. The lowest BCUT2D eigenvalue weighted by atomic mass is 9.95. The summed E-state index contributed by atoms with van der Waals surface area (Å²) < 4.78 is 36.4. The van der Waals surface area contributed by atoms with E-state index in [4.69, 9.17) is 18.9 Å². The minimum Gasteiger partial charge on any atom is -0.507 e. The number of methoxy groups -OCH3 is 2. The summed E-state index contributed by atoms with van der Waals surface area (Å²) in [6.45, 7) is 0.736. The lowest BCUT2D eigenvalue weighted by molar-refractivity contribution is -0.132. The third-order valence-electron chi connectivity index (χ3n) is 6.53. The van der Waals surface area contributed by atoms with E-state index in [1.165, 1.54) is 37.3 Å². The van der Waals surface area contributed by atoms with Crippen molar-refractivity contribution in [1.82, 2.24) is 4.98 Å². The molecule has 0 saturated carbocycles. The van der Waals surface area contributed by atoms with Crippen LogP contribution in [0.4, 0.5) is 9.52 Å². The van der Waals surface area contributed by atoms with Gasteiger partial charge in [-0.3, -0.25) is 14.5 Å². The Bertz CT molecular complexity index is 1680. The van der Waals surface area contributed by atoms with Crippen LogP contribution >= 0.6 is 11.3 Å². The number of nitrogens with zero attached hydrogens (tertiary/aromatic N) is 2. The molecule has 1 aromatic heterocycles. The maximum Gasteiger partial charge on any atom is 0.301 e. The molecule has 1 saturated heterocycles. The van der Waals surface area contributed by atoms with Gasteiger partial charge in [-0.15, -0.1) is 0 Å². The van der Waals surface area contributed by atoms with E-state index in [0.29, 0.717) is 52.0 Å². The summed E-state index contributed by atoms with van der Waals surface area (Å²) in [6, 6.07) is 12.7. The number of aliphatic hydroxyl groups is 1. The monoisotopic (exact) mass is 548 g/mol. The van der Waals surface area contributed by atoms with Gasteiger partial charge in [-0.25, -0.2) is 9.37 Å². The molecule has 1 N–H and O–H groups in total. The molecule has 1 amide bonds. The molecular formula is C28H21FN2O7S. The molecule has 4 aromatic rings. The molecule has 9 nitrogen and oxygen atoms in total. The fourth-order valence-electron chi connectivity index (χ4n) is 4.70. The first-order valence-electron chi connectivity index (χ1n) is 11.9. The van der Waals surface area contributed by atoms with E-state index in [1.807, 2.05) is 0 Å². The van der Waals surface area contributed by atoms with Gasteiger partial charge in [-0.05, 0) is 54.1 Å². The number of Topliss-reactive ketones (excluding diaryl/α,β-unsaturated/α-hetero) is 1. The summed E-state index contributed by atoms with van der Waals surface area (Å²) in [7, 11) is 2.96. The topological polar surface area (TPSA) is 107 Å². The predicted molar refractivity (Wildman–Crippen MR) is 141 cm³/mol. The second-order valence-corrected chi connectivity index (χ2v) is 9.76. The van der Waals surface area contributed by atoms with Crippen molar-refractivity contribution in [3.8, 4) is 23.0 Å². The maximum absolute atomic E-state index is 13.9. The molecule has 2 aliphatic heterocycles. The highest BCUT2D eigenvalue weighted by molar-refractivity contribution is 7.22. The van der Waals surface area contributed by atoms with Crippen LogP contribution in [0.3, 0.4) is 0 Å². The quantitative estimate of drug-likeness (QED) is 0.214. The van der Waals surface area contributed by atoms with E-state index in [-0.39, 0.29) is 22.0 Å². The Kier molecular flexibility index (Phi) is 6.07. The van der Waals surface area contributed by atoms with Gasteiger partial charge in [0.2, 0.25) is 0 Å². The molecule has 2 aliphatic rings. The zero-order valence-corrected chi connectivity index (χ0v) is 21.6. The van der Waals surface area contributed by atoms with Crippen molar-refractivity contribution in [2.45, 2.75) is 6.04 Å². The van der Waals surface area contributed by atoms with Crippen LogP contribution < -0.4 is 23.8 Å². The lowest BCUT2D eigenvalue weighted by Gasteiger charge is -2.24. The number of halogens is 1. The van der Waals surface area contributed by atoms with Gasteiger partial charge in [0, 0.05) is 5.56 Å². The number of hydrogen-bond donors (Lipinski definition) is 1. The van der Waals surface area contributed by atoms with Crippen molar-refractivity contribution >= 4 is 44.1 Å². The lowest BCUT2D eigenvalue weighted by Crippen LogP contribution is -2.29. The van der Waals surface area contributed by atoms with Gasteiger partial charge in [0.15, 0.2) is 28.1 Å². The normalized spacial score (nSPS) is 18.0. The van der Waals surface area contributed by atoms with Gasteiger partial charge in [0.1, 0.15) is 24.8 Å². The van der Waals surface area contributed by atoms with Crippen LogP contribution in [0, 0.1) is 5.82 Å². The average molecular weight is 549 g/mol. The number of aliphatic hydroxyl groups excluding tert-OH is 1. The molecule has 0 radical (unpaired) electrons. The van der Waals surface area contributed by atoms with Crippen molar-refractivity contribution < 1.29 is 38.0 Å². The van der Waals surface area contributed by atoms with E-state index in [2.05, 4.69) is 4.98 Å². The molecule has 1 fully saturated rings. The summed E-state index contributed by atoms with van der Waals surface area (Å²) >= 11 is 1.06. The fraction of sp³-hybridized carbons (Fsp3) is 0.179. The smallest absolute Gasteiger partial charge is 0.301 e. The van der Waals surface area contributed by atoms with Crippen LogP contribution in [0.5, 0.6) is 23.0 Å². The zero-order chi connectivity index (χ0) is 27.3. The van der Waals surface area contributed by atoms with Gasteiger partial charge in [-0.1, -0.05) is 17.4 Å². The minimum absolute atomic E-state index is 0.144. The Hall–Kier alpha value is -4.64. The first kappa shape index (κ1) is 24.7. The molecule has 3 heterocycles. The number of aromatic nitrogens is 1. The van der Waals surface area contributed by atoms with Crippen molar-refractivity contribution in [3.05, 3.63) is 77.1 Å². The number of thiazole rings is 1. The highest BCUT2D eigenvalue weighted by Gasteiger charge is 2.48. The molecular weight excluding hydrogens is 527 g/mol. The third-order valence-corrected chi connectivity index (χ3v) is 7.55. The summed E-state index contributed by atoms with van der Waals surface area (Å²) in [4.78, 5) is 32.8. The van der Waals surface area contributed by atoms with Crippen molar-refractivity contribution in [1.29, 1.82) is 0 Å².